The third-order valence-corrected chi connectivity index (χ3v) is 6.74. The Kier molecular flexibility index (Phi) is 7.95. The Bertz CT molecular complexity index is 518. The number of ether oxygens (including phenoxy) is 1. The van der Waals surface area contributed by atoms with Crippen molar-refractivity contribution in [3.8, 4) is 0 Å². The van der Waals surface area contributed by atoms with Crippen LogP contribution < -0.4 is 0 Å². The van der Waals surface area contributed by atoms with Crippen molar-refractivity contribution in [2.75, 3.05) is 0 Å². The van der Waals surface area contributed by atoms with Crippen molar-refractivity contribution in [1.29, 1.82) is 0 Å². The van der Waals surface area contributed by atoms with Crippen LogP contribution in [0.1, 0.15) is 77.0 Å². The standard InChI is InChI=1S/C23H36O4/c24-20(17-9-5-1-2-6-10-17)14-13-19-18(21-15-16-22(19)27-21)11-7-3-4-8-12-23(25)26/h3,7,13-14,17-22,24H,1-2,4-6,8-12,15-16H2,(H,25,26)/t18-,19-,20?,21+,22-/m0/s1. The lowest BCUT2D eigenvalue weighted by Crippen LogP contribution is -2.26. The van der Waals surface area contributed by atoms with Crippen molar-refractivity contribution in [3.63, 3.8) is 0 Å². The van der Waals surface area contributed by atoms with Crippen LogP contribution in [0.15, 0.2) is 24.3 Å². The molecule has 0 aromatic carbocycles. The van der Waals surface area contributed by atoms with E-state index >= 15 is 0 Å². The van der Waals surface area contributed by atoms with E-state index in [0.29, 0.717) is 36.4 Å². The Morgan fingerprint density at radius 2 is 1.78 bits per heavy atom. The van der Waals surface area contributed by atoms with Crippen molar-refractivity contribution in [1.82, 2.24) is 0 Å². The molecule has 2 aliphatic heterocycles. The number of carboxylic acids is 1. The lowest BCUT2D eigenvalue weighted by Gasteiger charge is -2.25. The number of hydrogen-bond acceptors (Lipinski definition) is 3. The predicted molar refractivity (Wildman–Crippen MR) is 106 cm³/mol. The number of aliphatic carboxylic acids is 1. The van der Waals surface area contributed by atoms with Crippen molar-refractivity contribution >= 4 is 5.97 Å². The zero-order valence-electron chi connectivity index (χ0n) is 16.5. The monoisotopic (exact) mass is 376 g/mol. The number of unbranched alkanes of at least 4 members (excludes halogenated alkanes) is 1. The number of fused-ring (bicyclic) bond motifs is 2. The van der Waals surface area contributed by atoms with Gasteiger partial charge in [0.2, 0.25) is 0 Å². The molecule has 3 rings (SSSR count). The fraction of sp³-hybridized carbons (Fsp3) is 0.783. The summed E-state index contributed by atoms with van der Waals surface area (Å²) in [4.78, 5) is 10.6. The van der Waals surface area contributed by atoms with Crippen molar-refractivity contribution in [3.05, 3.63) is 24.3 Å². The van der Waals surface area contributed by atoms with Gasteiger partial charge in [-0.2, -0.15) is 0 Å². The van der Waals surface area contributed by atoms with Gasteiger partial charge < -0.3 is 14.9 Å². The zero-order valence-corrected chi connectivity index (χ0v) is 16.5. The second kappa shape index (κ2) is 10.4. The average molecular weight is 377 g/mol. The van der Waals surface area contributed by atoms with Crippen LogP contribution in [0.3, 0.4) is 0 Å². The molecule has 2 saturated heterocycles. The van der Waals surface area contributed by atoms with Crippen LogP contribution in [0.4, 0.5) is 0 Å². The molecule has 1 unspecified atom stereocenters. The summed E-state index contributed by atoms with van der Waals surface area (Å²) in [6.07, 6.45) is 21.5. The van der Waals surface area contributed by atoms with Gasteiger partial charge in [-0.1, -0.05) is 50.0 Å². The van der Waals surface area contributed by atoms with Gasteiger partial charge in [-0.05, 0) is 56.8 Å². The first kappa shape index (κ1) is 20.6. The summed E-state index contributed by atoms with van der Waals surface area (Å²) < 4.78 is 6.16. The zero-order chi connectivity index (χ0) is 19.1. The van der Waals surface area contributed by atoms with Crippen LogP contribution in [0.5, 0.6) is 0 Å². The third kappa shape index (κ3) is 5.92. The third-order valence-electron chi connectivity index (χ3n) is 6.74. The number of allylic oxidation sites excluding steroid dienone is 2. The molecule has 3 fully saturated rings. The normalized spacial score (nSPS) is 33.1. The number of carbonyl (C=O) groups is 1. The molecule has 0 aromatic heterocycles. The van der Waals surface area contributed by atoms with E-state index < -0.39 is 5.97 Å². The quantitative estimate of drug-likeness (QED) is 0.342. The molecular formula is C23H36O4. The molecule has 2 N–H and O–H groups in total. The molecule has 3 aliphatic rings. The number of hydrogen-bond donors (Lipinski definition) is 2. The maximum absolute atomic E-state index is 10.6. The highest BCUT2D eigenvalue weighted by molar-refractivity contribution is 5.66. The summed E-state index contributed by atoms with van der Waals surface area (Å²) in [5.41, 5.74) is 0. The van der Waals surface area contributed by atoms with Gasteiger partial charge in [0.05, 0.1) is 18.3 Å². The maximum Gasteiger partial charge on any atom is 0.303 e. The average Bonchev–Trinajstić information content (AvgIpc) is 3.13. The minimum atomic E-state index is -0.720. The summed E-state index contributed by atoms with van der Waals surface area (Å²) in [5.74, 6) is 0.614. The summed E-state index contributed by atoms with van der Waals surface area (Å²) in [6.45, 7) is 0. The van der Waals surface area contributed by atoms with Gasteiger partial charge in [0, 0.05) is 12.3 Å². The molecule has 2 heterocycles. The minimum Gasteiger partial charge on any atom is -0.481 e. The van der Waals surface area contributed by atoms with Crippen LogP contribution in [-0.2, 0) is 9.53 Å². The van der Waals surface area contributed by atoms with E-state index in [-0.39, 0.29) is 12.5 Å². The Labute approximate surface area is 163 Å². The van der Waals surface area contributed by atoms with E-state index in [1.54, 1.807) is 0 Å². The van der Waals surface area contributed by atoms with Crippen LogP contribution in [0, 0.1) is 17.8 Å². The largest absolute Gasteiger partial charge is 0.481 e. The highest BCUT2D eigenvalue weighted by Gasteiger charge is 2.46. The van der Waals surface area contributed by atoms with Gasteiger partial charge in [-0.15, -0.1) is 0 Å². The van der Waals surface area contributed by atoms with Crippen molar-refractivity contribution in [2.24, 2.45) is 17.8 Å². The first-order chi connectivity index (χ1) is 13.1. The first-order valence-electron chi connectivity index (χ1n) is 11.0. The Morgan fingerprint density at radius 3 is 2.52 bits per heavy atom. The van der Waals surface area contributed by atoms with Crippen LogP contribution in [-0.4, -0.2) is 34.5 Å². The van der Waals surface area contributed by atoms with Gasteiger partial charge in [-0.25, -0.2) is 0 Å². The molecule has 1 aliphatic carbocycles. The smallest absolute Gasteiger partial charge is 0.303 e. The van der Waals surface area contributed by atoms with E-state index in [2.05, 4.69) is 24.3 Å². The molecular weight excluding hydrogens is 340 g/mol. The second-order valence-corrected chi connectivity index (χ2v) is 8.65. The Morgan fingerprint density at radius 1 is 1.04 bits per heavy atom. The first-order valence-corrected chi connectivity index (χ1v) is 11.0. The summed E-state index contributed by atoms with van der Waals surface area (Å²) in [7, 11) is 0. The maximum atomic E-state index is 10.6. The number of rotatable bonds is 9. The van der Waals surface area contributed by atoms with E-state index in [0.717, 1.165) is 38.5 Å². The van der Waals surface area contributed by atoms with Crippen molar-refractivity contribution in [2.45, 2.75) is 95.4 Å². The predicted octanol–water partition coefficient (Wildman–Crippen LogP) is 4.87. The minimum absolute atomic E-state index is 0.242. The molecule has 152 valence electrons. The molecule has 4 nitrogen and oxygen atoms in total. The topological polar surface area (TPSA) is 66.8 Å². The van der Waals surface area contributed by atoms with Crippen LogP contribution >= 0.6 is 0 Å². The Balaban J connectivity index is 1.50. The summed E-state index contributed by atoms with van der Waals surface area (Å²) in [6, 6.07) is 0. The van der Waals surface area contributed by atoms with Gasteiger partial charge in [-0.3, -0.25) is 4.79 Å². The lowest BCUT2D eigenvalue weighted by molar-refractivity contribution is -0.137. The number of carboxylic acid groups (broad SMARTS) is 1. The molecule has 0 spiro atoms. The SMILES string of the molecule is O=C(O)CCCC=CC[C@H]1[C@H](C=CC(O)C2CCCCCC2)[C@@H]2CC[C@H]1O2. The van der Waals surface area contributed by atoms with E-state index in [1.807, 2.05) is 0 Å². The van der Waals surface area contributed by atoms with Gasteiger partial charge in [0.1, 0.15) is 0 Å². The van der Waals surface area contributed by atoms with Gasteiger partial charge in [0.15, 0.2) is 0 Å². The highest BCUT2D eigenvalue weighted by atomic mass is 16.5. The van der Waals surface area contributed by atoms with E-state index in [9.17, 15) is 9.90 Å². The van der Waals surface area contributed by atoms with Crippen LogP contribution in [0.25, 0.3) is 0 Å². The van der Waals surface area contributed by atoms with E-state index in [1.165, 1.54) is 25.7 Å². The van der Waals surface area contributed by atoms with Gasteiger partial charge >= 0.3 is 5.97 Å². The molecule has 0 amide bonds. The highest BCUT2D eigenvalue weighted by Crippen LogP contribution is 2.46. The Hall–Kier alpha value is -1.13. The lowest BCUT2D eigenvalue weighted by atomic mass is 9.77. The molecule has 0 radical (unpaired) electrons. The number of aliphatic hydroxyl groups excluding tert-OH is 1. The van der Waals surface area contributed by atoms with Crippen molar-refractivity contribution < 1.29 is 19.7 Å². The summed E-state index contributed by atoms with van der Waals surface area (Å²) in [5, 5.41) is 19.3. The van der Waals surface area contributed by atoms with E-state index in [4.69, 9.17) is 9.84 Å². The van der Waals surface area contributed by atoms with Gasteiger partial charge in [0.25, 0.3) is 0 Å². The summed E-state index contributed by atoms with van der Waals surface area (Å²) >= 11 is 0. The molecule has 2 bridgehead atoms. The molecule has 5 atom stereocenters. The molecule has 1 saturated carbocycles. The van der Waals surface area contributed by atoms with Crippen LogP contribution in [0.2, 0.25) is 0 Å². The molecule has 0 aromatic rings. The second-order valence-electron chi connectivity index (χ2n) is 8.65. The molecule has 27 heavy (non-hydrogen) atoms. The molecule has 4 heteroatoms. The fourth-order valence-electron chi connectivity index (χ4n) is 5.18. The number of aliphatic hydroxyl groups is 1. The fourth-order valence-corrected chi connectivity index (χ4v) is 5.18.